The standard InChI is InChI=1S/C16H23N3O2/c1-21-16(20)12-4-5-14(17-10-12)11-18-13-6-8-19-7-2-3-15(19)9-13/h4-5,10,13,15,18H,2-3,6-9,11H2,1H3. The number of piperidine rings is 1. The van der Waals surface area contributed by atoms with Crippen molar-refractivity contribution >= 4 is 5.97 Å². The highest BCUT2D eigenvalue weighted by Gasteiger charge is 2.31. The summed E-state index contributed by atoms with van der Waals surface area (Å²) in [5.41, 5.74) is 1.47. The molecule has 1 aromatic rings. The maximum Gasteiger partial charge on any atom is 0.339 e. The Morgan fingerprint density at radius 2 is 2.33 bits per heavy atom. The van der Waals surface area contributed by atoms with Crippen molar-refractivity contribution in [2.75, 3.05) is 20.2 Å². The molecule has 0 aliphatic carbocycles. The van der Waals surface area contributed by atoms with Crippen LogP contribution in [0.2, 0.25) is 0 Å². The summed E-state index contributed by atoms with van der Waals surface area (Å²) in [7, 11) is 1.38. The van der Waals surface area contributed by atoms with Gasteiger partial charge in [0.1, 0.15) is 0 Å². The minimum Gasteiger partial charge on any atom is -0.465 e. The highest BCUT2D eigenvalue weighted by molar-refractivity contribution is 5.88. The summed E-state index contributed by atoms with van der Waals surface area (Å²) in [6, 6.07) is 5.04. The second kappa shape index (κ2) is 6.54. The number of aromatic nitrogens is 1. The summed E-state index contributed by atoms with van der Waals surface area (Å²) in [5.74, 6) is -0.337. The van der Waals surface area contributed by atoms with Gasteiger partial charge in [-0.1, -0.05) is 0 Å². The van der Waals surface area contributed by atoms with Crippen LogP contribution in [0.15, 0.2) is 18.3 Å². The molecule has 2 aliphatic heterocycles. The monoisotopic (exact) mass is 289 g/mol. The molecule has 3 rings (SSSR count). The van der Waals surface area contributed by atoms with Crippen LogP contribution >= 0.6 is 0 Å². The quantitative estimate of drug-likeness (QED) is 0.853. The smallest absolute Gasteiger partial charge is 0.339 e. The van der Waals surface area contributed by atoms with Gasteiger partial charge in [0, 0.05) is 24.8 Å². The van der Waals surface area contributed by atoms with E-state index < -0.39 is 0 Å². The number of methoxy groups -OCH3 is 1. The normalized spacial score (nSPS) is 25.6. The molecule has 1 N–H and O–H groups in total. The summed E-state index contributed by atoms with van der Waals surface area (Å²) in [6.07, 6.45) is 6.76. The molecule has 0 saturated carbocycles. The molecule has 1 aromatic heterocycles. The predicted octanol–water partition coefficient (Wildman–Crippen LogP) is 1.58. The molecule has 21 heavy (non-hydrogen) atoms. The third kappa shape index (κ3) is 3.41. The molecule has 5 heteroatoms. The molecule has 0 amide bonds. The van der Waals surface area contributed by atoms with Gasteiger partial charge in [0.2, 0.25) is 0 Å². The van der Waals surface area contributed by atoms with Gasteiger partial charge in [-0.25, -0.2) is 4.79 Å². The molecule has 114 valence electrons. The summed E-state index contributed by atoms with van der Waals surface area (Å²) in [6.45, 7) is 3.27. The van der Waals surface area contributed by atoms with E-state index in [-0.39, 0.29) is 5.97 Å². The Labute approximate surface area is 125 Å². The Morgan fingerprint density at radius 3 is 3.10 bits per heavy atom. The fraction of sp³-hybridized carbons (Fsp3) is 0.625. The molecule has 2 aliphatic rings. The Bertz CT molecular complexity index is 489. The van der Waals surface area contributed by atoms with Crippen molar-refractivity contribution in [2.24, 2.45) is 0 Å². The number of esters is 1. The Balaban J connectivity index is 1.50. The fourth-order valence-electron chi connectivity index (χ4n) is 3.43. The average Bonchev–Trinajstić information content (AvgIpc) is 3.00. The van der Waals surface area contributed by atoms with Crippen molar-refractivity contribution in [3.05, 3.63) is 29.6 Å². The molecular formula is C16H23N3O2. The first kappa shape index (κ1) is 14.5. The van der Waals surface area contributed by atoms with E-state index in [2.05, 4.69) is 19.9 Å². The van der Waals surface area contributed by atoms with Crippen molar-refractivity contribution in [2.45, 2.75) is 44.3 Å². The second-order valence-corrected chi connectivity index (χ2v) is 5.96. The van der Waals surface area contributed by atoms with Crippen LogP contribution in [-0.4, -0.2) is 48.1 Å². The molecule has 0 bridgehead atoms. The minimum atomic E-state index is -0.337. The van der Waals surface area contributed by atoms with Crippen molar-refractivity contribution in [3.8, 4) is 0 Å². The van der Waals surface area contributed by atoms with Crippen LogP contribution in [0, 0.1) is 0 Å². The van der Waals surface area contributed by atoms with E-state index in [0.717, 1.165) is 18.3 Å². The number of ether oxygens (including phenoxy) is 1. The first-order valence-corrected chi connectivity index (χ1v) is 7.77. The van der Waals surface area contributed by atoms with Gasteiger partial charge in [-0.2, -0.15) is 0 Å². The van der Waals surface area contributed by atoms with Gasteiger partial charge in [-0.05, 0) is 50.9 Å². The summed E-state index contributed by atoms with van der Waals surface area (Å²) in [4.78, 5) is 18.3. The topological polar surface area (TPSA) is 54.5 Å². The number of fused-ring (bicyclic) bond motifs is 1. The highest BCUT2D eigenvalue weighted by Crippen LogP contribution is 2.26. The molecule has 2 unspecified atom stereocenters. The van der Waals surface area contributed by atoms with E-state index in [1.165, 1.54) is 45.9 Å². The summed E-state index contributed by atoms with van der Waals surface area (Å²) >= 11 is 0. The Kier molecular flexibility index (Phi) is 4.51. The van der Waals surface area contributed by atoms with Gasteiger partial charge >= 0.3 is 5.97 Å². The van der Waals surface area contributed by atoms with Crippen molar-refractivity contribution < 1.29 is 9.53 Å². The number of pyridine rings is 1. The van der Waals surface area contributed by atoms with Gasteiger partial charge in [0.05, 0.1) is 18.4 Å². The van der Waals surface area contributed by atoms with E-state index in [4.69, 9.17) is 0 Å². The summed E-state index contributed by atoms with van der Waals surface area (Å²) in [5, 5.41) is 3.61. The molecule has 2 fully saturated rings. The van der Waals surface area contributed by atoms with E-state index in [0.29, 0.717) is 11.6 Å². The third-order valence-corrected chi connectivity index (χ3v) is 4.64. The van der Waals surface area contributed by atoms with Crippen LogP contribution in [0.3, 0.4) is 0 Å². The van der Waals surface area contributed by atoms with Gasteiger partial charge < -0.3 is 15.0 Å². The number of hydrogen-bond donors (Lipinski definition) is 1. The SMILES string of the molecule is COC(=O)c1ccc(CNC2CCN3CCCC3C2)nc1. The fourth-order valence-corrected chi connectivity index (χ4v) is 3.43. The zero-order valence-electron chi connectivity index (χ0n) is 12.5. The van der Waals surface area contributed by atoms with E-state index in [1.54, 1.807) is 12.3 Å². The predicted molar refractivity (Wildman–Crippen MR) is 80.0 cm³/mol. The number of rotatable bonds is 4. The maximum atomic E-state index is 11.4. The number of nitrogens with one attached hydrogen (secondary N) is 1. The van der Waals surface area contributed by atoms with Crippen LogP contribution in [0.1, 0.15) is 41.7 Å². The first-order chi connectivity index (χ1) is 10.3. The van der Waals surface area contributed by atoms with Crippen LogP contribution < -0.4 is 5.32 Å². The van der Waals surface area contributed by atoms with Crippen molar-refractivity contribution in [1.82, 2.24) is 15.2 Å². The average molecular weight is 289 g/mol. The highest BCUT2D eigenvalue weighted by atomic mass is 16.5. The van der Waals surface area contributed by atoms with Crippen molar-refractivity contribution in [3.63, 3.8) is 0 Å². The van der Waals surface area contributed by atoms with Crippen LogP contribution in [0.4, 0.5) is 0 Å². The number of hydrogen-bond acceptors (Lipinski definition) is 5. The van der Waals surface area contributed by atoms with Gasteiger partial charge in [-0.3, -0.25) is 4.98 Å². The molecule has 3 heterocycles. The van der Waals surface area contributed by atoms with Crippen molar-refractivity contribution in [1.29, 1.82) is 0 Å². The van der Waals surface area contributed by atoms with E-state index in [9.17, 15) is 4.79 Å². The lowest BCUT2D eigenvalue weighted by Crippen LogP contribution is -2.45. The number of carbonyl (C=O) groups is 1. The lowest BCUT2D eigenvalue weighted by Gasteiger charge is -2.35. The van der Waals surface area contributed by atoms with Gasteiger partial charge in [-0.15, -0.1) is 0 Å². The van der Waals surface area contributed by atoms with Crippen LogP contribution in [0.5, 0.6) is 0 Å². The zero-order valence-corrected chi connectivity index (χ0v) is 12.5. The molecule has 0 spiro atoms. The van der Waals surface area contributed by atoms with Crippen LogP contribution in [-0.2, 0) is 11.3 Å². The lowest BCUT2D eigenvalue weighted by molar-refractivity contribution is 0.0600. The molecule has 2 atom stereocenters. The maximum absolute atomic E-state index is 11.4. The number of nitrogens with zero attached hydrogens (tertiary/aromatic N) is 2. The van der Waals surface area contributed by atoms with Gasteiger partial charge in [0.25, 0.3) is 0 Å². The third-order valence-electron chi connectivity index (χ3n) is 4.64. The van der Waals surface area contributed by atoms with Crippen LogP contribution in [0.25, 0.3) is 0 Å². The zero-order chi connectivity index (χ0) is 14.7. The molecule has 0 aromatic carbocycles. The second-order valence-electron chi connectivity index (χ2n) is 5.96. The van der Waals surface area contributed by atoms with Gasteiger partial charge in [0.15, 0.2) is 0 Å². The Hall–Kier alpha value is -1.46. The Morgan fingerprint density at radius 1 is 1.43 bits per heavy atom. The van der Waals surface area contributed by atoms with E-state index >= 15 is 0 Å². The summed E-state index contributed by atoms with van der Waals surface area (Å²) < 4.78 is 4.67. The molecule has 5 nitrogen and oxygen atoms in total. The molecule has 0 radical (unpaired) electrons. The lowest BCUT2D eigenvalue weighted by atomic mass is 9.97. The largest absolute Gasteiger partial charge is 0.465 e. The van der Waals surface area contributed by atoms with E-state index in [1.807, 2.05) is 6.07 Å². The first-order valence-electron chi connectivity index (χ1n) is 7.77. The molecular weight excluding hydrogens is 266 g/mol. The minimum absolute atomic E-state index is 0.337. The molecule has 2 saturated heterocycles. The number of carbonyl (C=O) groups excluding carboxylic acids is 1.